The number of ether oxygens (including phenoxy) is 3. The maximum atomic E-state index is 11.7. The van der Waals surface area contributed by atoms with Crippen molar-refractivity contribution in [3.63, 3.8) is 0 Å². The van der Waals surface area contributed by atoms with Gasteiger partial charge in [0.2, 0.25) is 5.91 Å². The molecule has 0 aromatic heterocycles. The molecule has 2 fully saturated rings. The molecule has 1 amide bonds. The minimum atomic E-state index is -0.583. The highest BCUT2D eigenvalue weighted by molar-refractivity contribution is 5.78. The Labute approximate surface area is 172 Å². The number of para-hydroxylation sites is 1. The van der Waals surface area contributed by atoms with Crippen LogP contribution in [0.2, 0.25) is 0 Å². The molecule has 1 unspecified atom stereocenters. The zero-order chi connectivity index (χ0) is 20.5. The molecule has 1 aromatic carbocycles. The molecule has 0 aliphatic carbocycles. The average molecular weight is 408 g/mol. The molecule has 1 aromatic rings. The molecule has 8 heteroatoms. The van der Waals surface area contributed by atoms with E-state index >= 15 is 0 Å². The minimum absolute atomic E-state index is 0.201. The molecule has 162 valence electrons. The van der Waals surface area contributed by atoms with E-state index in [2.05, 4.69) is 10.2 Å². The number of aliphatic hydroxyl groups is 1. The number of hydrogen-bond donors (Lipinski definition) is 2. The summed E-state index contributed by atoms with van der Waals surface area (Å²) >= 11 is 0. The Morgan fingerprint density at radius 2 is 2.10 bits per heavy atom. The predicted molar refractivity (Wildman–Crippen MR) is 109 cm³/mol. The van der Waals surface area contributed by atoms with Gasteiger partial charge < -0.3 is 29.5 Å². The largest absolute Gasteiger partial charge is 0.493 e. The third-order valence-electron chi connectivity index (χ3n) is 5.32. The molecule has 2 aliphatic heterocycles. The first-order valence-electron chi connectivity index (χ1n) is 10.4. The zero-order valence-corrected chi connectivity index (χ0v) is 17.3. The van der Waals surface area contributed by atoms with Crippen molar-refractivity contribution >= 4 is 5.91 Å². The molecule has 1 atom stereocenters. The van der Waals surface area contributed by atoms with E-state index in [9.17, 15) is 9.90 Å². The van der Waals surface area contributed by atoms with Gasteiger partial charge in [-0.2, -0.15) is 0 Å². The maximum Gasteiger partial charge on any atom is 0.222 e. The van der Waals surface area contributed by atoms with Gasteiger partial charge in [-0.15, -0.1) is 0 Å². The van der Waals surface area contributed by atoms with Crippen LogP contribution in [-0.4, -0.2) is 93.1 Å². The van der Waals surface area contributed by atoms with E-state index in [1.807, 2.05) is 23.1 Å². The lowest BCUT2D eigenvalue weighted by atomic mass is 10.2. The smallest absolute Gasteiger partial charge is 0.222 e. The van der Waals surface area contributed by atoms with Crippen molar-refractivity contribution in [2.75, 3.05) is 66.2 Å². The van der Waals surface area contributed by atoms with Crippen LogP contribution in [-0.2, 0) is 16.1 Å². The molecule has 8 nitrogen and oxygen atoms in total. The van der Waals surface area contributed by atoms with Gasteiger partial charge in [0.05, 0.1) is 20.3 Å². The Morgan fingerprint density at radius 1 is 1.28 bits per heavy atom. The van der Waals surface area contributed by atoms with Crippen molar-refractivity contribution in [2.45, 2.75) is 25.5 Å². The first kappa shape index (κ1) is 21.8. The standard InChI is InChI=1S/C21H33N3O5/c1-27-19-5-2-4-17(14-22-7-9-24-8-3-6-20(24)26)21(19)29-16-18(25)15-23-10-12-28-13-11-23/h2,4-5,18,22,25H,3,6-16H2,1H3. The monoisotopic (exact) mass is 407 g/mol. The number of carbonyl (C=O) groups excluding carboxylic acids is 1. The van der Waals surface area contributed by atoms with E-state index in [0.29, 0.717) is 44.2 Å². The second kappa shape index (κ2) is 11.3. The van der Waals surface area contributed by atoms with Crippen molar-refractivity contribution in [3.05, 3.63) is 23.8 Å². The highest BCUT2D eigenvalue weighted by atomic mass is 16.5. The lowest BCUT2D eigenvalue weighted by Crippen LogP contribution is -2.42. The number of methoxy groups -OCH3 is 1. The maximum absolute atomic E-state index is 11.7. The fourth-order valence-corrected chi connectivity index (χ4v) is 3.72. The summed E-state index contributed by atoms with van der Waals surface area (Å²) in [6.07, 6.45) is 1.04. The number of likely N-dealkylation sites (tertiary alicyclic amines) is 1. The molecular formula is C21H33N3O5. The number of aliphatic hydroxyl groups excluding tert-OH is 1. The number of benzene rings is 1. The van der Waals surface area contributed by atoms with Crippen molar-refractivity contribution in [3.8, 4) is 11.5 Å². The molecule has 2 saturated heterocycles. The van der Waals surface area contributed by atoms with E-state index in [1.165, 1.54) is 0 Å². The minimum Gasteiger partial charge on any atom is -0.493 e. The molecule has 0 radical (unpaired) electrons. The van der Waals surface area contributed by atoms with Gasteiger partial charge in [0.15, 0.2) is 11.5 Å². The Bertz CT molecular complexity index is 651. The summed E-state index contributed by atoms with van der Waals surface area (Å²) in [4.78, 5) is 15.8. The third-order valence-corrected chi connectivity index (χ3v) is 5.32. The van der Waals surface area contributed by atoms with Crippen LogP contribution in [0.5, 0.6) is 11.5 Å². The predicted octanol–water partition coefficient (Wildman–Crippen LogP) is 0.479. The average Bonchev–Trinajstić information content (AvgIpc) is 3.15. The number of nitrogens with zero attached hydrogens (tertiary/aromatic N) is 2. The first-order valence-corrected chi connectivity index (χ1v) is 10.4. The molecule has 29 heavy (non-hydrogen) atoms. The van der Waals surface area contributed by atoms with Crippen LogP contribution in [0.3, 0.4) is 0 Å². The van der Waals surface area contributed by atoms with E-state index in [1.54, 1.807) is 7.11 Å². The molecule has 2 heterocycles. The lowest BCUT2D eigenvalue weighted by molar-refractivity contribution is -0.127. The van der Waals surface area contributed by atoms with Gasteiger partial charge in [0, 0.05) is 57.8 Å². The summed E-state index contributed by atoms with van der Waals surface area (Å²) in [6, 6.07) is 5.77. The van der Waals surface area contributed by atoms with Crippen LogP contribution in [0.15, 0.2) is 18.2 Å². The zero-order valence-electron chi connectivity index (χ0n) is 17.3. The van der Waals surface area contributed by atoms with E-state index in [-0.39, 0.29) is 12.5 Å². The topological polar surface area (TPSA) is 83.5 Å². The summed E-state index contributed by atoms with van der Waals surface area (Å²) in [5.74, 6) is 1.55. The number of carbonyl (C=O) groups is 1. The number of rotatable bonds is 11. The summed E-state index contributed by atoms with van der Waals surface area (Å²) in [7, 11) is 1.61. The SMILES string of the molecule is COc1cccc(CNCCN2CCCC2=O)c1OCC(O)CN1CCOCC1. The highest BCUT2D eigenvalue weighted by Gasteiger charge is 2.20. The Kier molecular flexibility index (Phi) is 8.54. The molecule has 0 saturated carbocycles. The van der Waals surface area contributed by atoms with Gasteiger partial charge in [-0.3, -0.25) is 9.69 Å². The summed E-state index contributed by atoms with van der Waals surface area (Å²) in [5, 5.41) is 13.8. The lowest BCUT2D eigenvalue weighted by Gasteiger charge is -2.28. The van der Waals surface area contributed by atoms with Crippen LogP contribution >= 0.6 is 0 Å². The fraction of sp³-hybridized carbons (Fsp3) is 0.667. The molecule has 3 rings (SSSR count). The van der Waals surface area contributed by atoms with E-state index in [0.717, 1.165) is 44.7 Å². The normalized spacial score (nSPS) is 18.8. The molecule has 0 spiro atoms. The highest BCUT2D eigenvalue weighted by Crippen LogP contribution is 2.31. The molecule has 0 bridgehead atoms. The van der Waals surface area contributed by atoms with Crippen LogP contribution in [0.4, 0.5) is 0 Å². The summed E-state index contributed by atoms with van der Waals surface area (Å²) < 4.78 is 16.8. The molecule has 2 aliphatic rings. The van der Waals surface area contributed by atoms with E-state index in [4.69, 9.17) is 14.2 Å². The number of nitrogens with one attached hydrogen (secondary N) is 1. The quantitative estimate of drug-likeness (QED) is 0.516. The van der Waals surface area contributed by atoms with Crippen LogP contribution in [0.1, 0.15) is 18.4 Å². The number of β-amino-alcohol motifs (C(OH)–C–C–N with tert-alkyl or cyclic N) is 1. The number of hydrogen-bond acceptors (Lipinski definition) is 7. The van der Waals surface area contributed by atoms with Crippen molar-refractivity contribution < 1.29 is 24.1 Å². The Balaban J connectivity index is 1.49. The second-order valence-electron chi connectivity index (χ2n) is 7.49. The summed E-state index contributed by atoms with van der Waals surface area (Å²) in [6.45, 7) is 6.75. The summed E-state index contributed by atoms with van der Waals surface area (Å²) in [5.41, 5.74) is 0.968. The van der Waals surface area contributed by atoms with Gasteiger partial charge in [-0.05, 0) is 12.5 Å². The van der Waals surface area contributed by atoms with E-state index < -0.39 is 6.10 Å². The number of morpholine rings is 1. The second-order valence-corrected chi connectivity index (χ2v) is 7.49. The molecular weight excluding hydrogens is 374 g/mol. The third kappa shape index (κ3) is 6.57. The van der Waals surface area contributed by atoms with Gasteiger partial charge in [0.1, 0.15) is 12.7 Å². The molecule has 2 N–H and O–H groups in total. The van der Waals surface area contributed by atoms with Crippen molar-refractivity contribution in [2.24, 2.45) is 0 Å². The van der Waals surface area contributed by atoms with Gasteiger partial charge >= 0.3 is 0 Å². The Hall–Kier alpha value is -1.87. The Morgan fingerprint density at radius 3 is 2.83 bits per heavy atom. The van der Waals surface area contributed by atoms with Crippen LogP contribution in [0, 0.1) is 0 Å². The van der Waals surface area contributed by atoms with Gasteiger partial charge in [0.25, 0.3) is 0 Å². The van der Waals surface area contributed by atoms with Crippen LogP contribution < -0.4 is 14.8 Å². The van der Waals surface area contributed by atoms with Gasteiger partial charge in [-0.1, -0.05) is 12.1 Å². The first-order chi connectivity index (χ1) is 14.2. The van der Waals surface area contributed by atoms with Gasteiger partial charge in [-0.25, -0.2) is 0 Å². The van der Waals surface area contributed by atoms with Crippen molar-refractivity contribution in [1.29, 1.82) is 0 Å². The van der Waals surface area contributed by atoms with Crippen molar-refractivity contribution in [1.82, 2.24) is 15.1 Å². The van der Waals surface area contributed by atoms with Crippen LogP contribution in [0.25, 0.3) is 0 Å². The fourth-order valence-electron chi connectivity index (χ4n) is 3.72. The number of amides is 1.